The third kappa shape index (κ3) is 4.69. The molecule has 4 rings (SSSR count). The number of hydrogen-bond acceptors (Lipinski definition) is 7. The summed E-state index contributed by atoms with van der Waals surface area (Å²) in [5.41, 5.74) is 0.887. The highest BCUT2D eigenvalue weighted by atomic mass is 35.5. The third-order valence-electron chi connectivity index (χ3n) is 6.25. The van der Waals surface area contributed by atoms with Crippen LogP contribution in [0.5, 0.6) is 5.75 Å². The van der Waals surface area contributed by atoms with Gasteiger partial charge in [-0.25, -0.2) is 14.8 Å². The van der Waals surface area contributed by atoms with Crippen LogP contribution in [-0.4, -0.2) is 66.5 Å². The van der Waals surface area contributed by atoms with Gasteiger partial charge in [-0.15, -0.1) is 0 Å². The van der Waals surface area contributed by atoms with Crippen molar-refractivity contribution in [2.24, 2.45) is 0 Å². The van der Waals surface area contributed by atoms with Crippen LogP contribution in [0.2, 0.25) is 5.02 Å². The summed E-state index contributed by atoms with van der Waals surface area (Å²) in [6, 6.07) is 14.0. The number of piperidine rings is 1. The first-order valence-electron chi connectivity index (χ1n) is 11.0. The molecule has 1 N–H and O–H groups in total. The van der Waals surface area contributed by atoms with Gasteiger partial charge >= 0.3 is 12.0 Å². The van der Waals surface area contributed by atoms with Crippen LogP contribution in [0.3, 0.4) is 0 Å². The van der Waals surface area contributed by atoms with E-state index in [1.807, 2.05) is 36.4 Å². The molecule has 0 unspecified atom stereocenters. The molecule has 2 amide bonds. The van der Waals surface area contributed by atoms with Gasteiger partial charge in [0, 0.05) is 36.3 Å². The number of urea groups is 1. The Morgan fingerprint density at radius 2 is 1.66 bits per heavy atom. The third-order valence-corrected chi connectivity index (χ3v) is 6.50. The largest absolute Gasteiger partial charge is 0.497 e. The average molecular weight is 500 g/mol. The van der Waals surface area contributed by atoms with Crippen LogP contribution in [0.15, 0.2) is 52.9 Å². The number of halogens is 1. The quantitative estimate of drug-likeness (QED) is 0.310. The number of methoxy groups -OCH3 is 2. The Labute approximate surface area is 207 Å². The number of amides is 2. The summed E-state index contributed by atoms with van der Waals surface area (Å²) in [5, 5.41) is 10.6. The second-order valence-corrected chi connectivity index (χ2v) is 8.74. The maximum Gasteiger partial charge on any atom is 0.343 e. The van der Waals surface area contributed by atoms with Crippen molar-refractivity contribution < 1.29 is 28.7 Å². The zero-order valence-corrected chi connectivity index (χ0v) is 20.4. The number of rotatable bonds is 5. The van der Waals surface area contributed by atoms with E-state index in [1.165, 1.54) is 19.1 Å². The molecule has 0 radical (unpaired) electrons. The number of ether oxygens (including phenoxy) is 2. The topological polar surface area (TPSA) is 105 Å². The number of oxazole rings is 1. The first kappa shape index (κ1) is 24.6. The van der Waals surface area contributed by atoms with Crippen LogP contribution in [0.1, 0.15) is 18.7 Å². The van der Waals surface area contributed by atoms with Gasteiger partial charge in [-0.1, -0.05) is 23.7 Å². The first-order valence-corrected chi connectivity index (χ1v) is 11.4. The van der Waals surface area contributed by atoms with Gasteiger partial charge in [0.25, 0.3) is 0 Å². The lowest BCUT2D eigenvalue weighted by Gasteiger charge is -2.38. The number of hydroxylamine groups is 2. The molecule has 9 nitrogen and oxygen atoms in total. The molecule has 1 aromatic heterocycles. The zero-order chi connectivity index (χ0) is 25.2. The van der Waals surface area contributed by atoms with Gasteiger partial charge in [0.05, 0.1) is 14.2 Å². The number of esters is 1. The second kappa shape index (κ2) is 9.97. The van der Waals surface area contributed by atoms with Crippen molar-refractivity contribution in [3.8, 4) is 28.3 Å². The van der Waals surface area contributed by atoms with E-state index < -0.39 is 17.4 Å². The summed E-state index contributed by atoms with van der Waals surface area (Å²) in [6.07, 6.45) is 0.448. The minimum atomic E-state index is -1.19. The number of carbonyl (C=O) groups is 2. The van der Waals surface area contributed by atoms with E-state index >= 15 is 0 Å². The summed E-state index contributed by atoms with van der Waals surface area (Å²) in [7, 11) is 4.17. The Morgan fingerprint density at radius 1 is 1.06 bits per heavy atom. The van der Waals surface area contributed by atoms with Crippen molar-refractivity contribution in [3.63, 3.8) is 0 Å². The molecular formula is C25H26ClN3O6. The SMILES string of the molecule is COC(=O)C1(c2nc(-c3ccc(Cl)cc3)c(-c3ccc(OC)cc3)o2)CCN(C(=O)N(C)O)CC1. The predicted molar refractivity (Wildman–Crippen MR) is 128 cm³/mol. The number of aromatic nitrogens is 1. The van der Waals surface area contributed by atoms with Crippen LogP contribution in [-0.2, 0) is 14.9 Å². The Hall–Kier alpha value is -3.56. The van der Waals surface area contributed by atoms with Gasteiger partial charge in [-0.2, -0.15) is 0 Å². The Balaban J connectivity index is 1.80. The molecule has 0 spiro atoms. The normalized spacial score (nSPS) is 14.9. The highest BCUT2D eigenvalue weighted by Crippen LogP contribution is 2.42. The lowest BCUT2D eigenvalue weighted by atomic mass is 9.78. The predicted octanol–water partition coefficient (Wildman–Crippen LogP) is 4.62. The Morgan fingerprint density at radius 3 is 2.20 bits per heavy atom. The van der Waals surface area contributed by atoms with E-state index in [1.54, 1.807) is 19.2 Å². The van der Waals surface area contributed by atoms with E-state index in [9.17, 15) is 14.8 Å². The molecule has 0 aliphatic carbocycles. The van der Waals surface area contributed by atoms with E-state index in [0.717, 1.165) is 11.1 Å². The minimum absolute atomic E-state index is 0.213. The van der Waals surface area contributed by atoms with Gasteiger partial charge in [0.2, 0.25) is 5.89 Å². The molecule has 0 atom stereocenters. The van der Waals surface area contributed by atoms with E-state index in [4.69, 9.17) is 30.5 Å². The van der Waals surface area contributed by atoms with Crippen LogP contribution >= 0.6 is 11.6 Å². The molecule has 3 aromatic rings. The summed E-state index contributed by atoms with van der Waals surface area (Å²) < 4.78 is 16.7. The van der Waals surface area contributed by atoms with Crippen LogP contribution in [0.4, 0.5) is 4.79 Å². The summed E-state index contributed by atoms with van der Waals surface area (Å²) in [6.45, 7) is 0.435. The van der Waals surface area contributed by atoms with Crippen molar-refractivity contribution in [2.45, 2.75) is 18.3 Å². The molecule has 10 heteroatoms. The maximum atomic E-state index is 13.1. The molecule has 2 heterocycles. The van der Waals surface area contributed by atoms with Gasteiger partial charge in [-0.05, 0) is 49.2 Å². The molecule has 184 valence electrons. The summed E-state index contributed by atoms with van der Waals surface area (Å²) in [5.74, 6) is 0.900. The molecule has 2 aromatic carbocycles. The van der Waals surface area contributed by atoms with E-state index in [0.29, 0.717) is 27.3 Å². The van der Waals surface area contributed by atoms with Crippen molar-refractivity contribution >= 4 is 23.6 Å². The van der Waals surface area contributed by atoms with Crippen LogP contribution < -0.4 is 4.74 Å². The molecule has 1 aliphatic rings. The molecule has 0 bridgehead atoms. The fraction of sp³-hybridized carbons (Fsp3) is 0.320. The average Bonchev–Trinajstić information content (AvgIpc) is 3.34. The van der Waals surface area contributed by atoms with Gasteiger partial charge in [0.15, 0.2) is 5.76 Å². The van der Waals surface area contributed by atoms with Gasteiger partial charge in [0.1, 0.15) is 16.9 Å². The number of carbonyl (C=O) groups excluding carboxylic acids is 2. The van der Waals surface area contributed by atoms with Gasteiger partial charge in [-0.3, -0.25) is 10.0 Å². The lowest BCUT2D eigenvalue weighted by Crippen LogP contribution is -2.51. The van der Waals surface area contributed by atoms with Crippen molar-refractivity contribution in [1.29, 1.82) is 0 Å². The minimum Gasteiger partial charge on any atom is -0.497 e. The molecule has 1 aliphatic heterocycles. The van der Waals surface area contributed by atoms with Gasteiger partial charge < -0.3 is 18.8 Å². The van der Waals surface area contributed by atoms with Crippen molar-refractivity contribution in [3.05, 3.63) is 59.4 Å². The molecular weight excluding hydrogens is 474 g/mol. The first-order chi connectivity index (χ1) is 16.8. The van der Waals surface area contributed by atoms with Crippen LogP contribution in [0, 0.1) is 0 Å². The maximum absolute atomic E-state index is 13.1. The molecule has 1 saturated heterocycles. The standard InChI is InChI=1S/C25H26ClN3O6/c1-28(32)24(31)29-14-12-25(13-15-29,23(30)34-3)22-27-20(16-4-8-18(26)9-5-16)21(35-22)17-6-10-19(33-2)11-7-17/h4-11,32H,12-15H2,1-3H3. The molecule has 35 heavy (non-hydrogen) atoms. The number of likely N-dealkylation sites (tertiary alicyclic amines) is 1. The fourth-order valence-electron chi connectivity index (χ4n) is 4.25. The Kier molecular flexibility index (Phi) is 7.00. The zero-order valence-electron chi connectivity index (χ0n) is 19.7. The van der Waals surface area contributed by atoms with E-state index in [2.05, 4.69) is 0 Å². The number of nitrogens with zero attached hydrogens (tertiary/aromatic N) is 3. The highest BCUT2D eigenvalue weighted by molar-refractivity contribution is 6.30. The lowest BCUT2D eigenvalue weighted by molar-refractivity contribution is -0.150. The number of hydrogen-bond donors (Lipinski definition) is 1. The van der Waals surface area contributed by atoms with E-state index in [-0.39, 0.29) is 31.8 Å². The molecule has 0 saturated carbocycles. The monoisotopic (exact) mass is 499 g/mol. The molecule has 1 fully saturated rings. The fourth-order valence-corrected chi connectivity index (χ4v) is 4.38. The second-order valence-electron chi connectivity index (χ2n) is 8.30. The van der Waals surface area contributed by atoms with Crippen molar-refractivity contribution in [2.75, 3.05) is 34.4 Å². The smallest absolute Gasteiger partial charge is 0.343 e. The number of benzene rings is 2. The summed E-state index contributed by atoms with van der Waals surface area (Å²) >= 11 is 6.09. The summed E-state index contributed by atoms with van der Waals surface area (Å²) in [4.78, 5) is 31.6. The Bertz CT molecular complexity index is 1200. The van der Waals surface area contributed by atoms with Crippen LogP contribution in [0.25, 0.3) is 22.6 Å². The van der Waals surface area contributed by atoms with Crippen molar-refractivity contribution in [1.82, 2.24) is 14.9 Å². The highest BCUT2D eigenvalue weighted by Gasteiger charge is 2.49.